The summed E-state index contributed by atoms with van der Waals surface area (Å²) in [5, 5.41) is 0. The Kier molecular flexibility index (Phi) is 5.32. The second-order valence-corrected chi connectivity index (χ2v) is 5.93. The standard InChI is InChI=1S/C12H19O5P/c1-5-15-18(14,16-6-2)8-11-7-9(3)17-12(11)10(4)13/h7H,5-6,8H2,1-4H3. The zero-order valence-corrected chi connectivity index (χ0v) is 12.1. The summed E-state index contributed by atoms with van der Waals surface area (Å²) in [5.41, 5.74) is 0.574. The number of carbonyl (C=O) groups is 1. The number of hydrogen-bond donors (Lipinski definition) is 0. The molecule has 0 aliphatic carbocycles. The van der Waals surface area contributed by atoms with Gasteiger partial charge >= 0.3 is 7.60 Å². The average Bonchev–Trinajstić information content (AvgIpc) is 2.59. The lowest BCUT2D eigenvalue weighted by Crippen LogP contribution is -2.01. The highest BCUT2D eigenvalue weighted by molar-refractivity contribution is 7.53. The number of rotatable bonds is 7. The van der Waals surface area contributed by atoms with Crippen LogP contribution in [-0.2, 0) is 19.8 Å². The molecular formula is C12H19O5P. The van der Waals surface area contributed by atoms with E-state index in [9.17, 15) is 9.36 Å². The molecular weight excluding hydrogens is 255 g/mol. The SMILES string of the molecule is CCOP(=O)(Cc1cc(C)oc1C(C)=O)OCC. The summed E-state index contributed by atoms with van der Waals surface area (Å²) < 4.78 is 28.1. The summed E-state index contributed by atoms with van der Waals surface area (Å²) in [6.45, 7) is 7.24. The molecule has 1 rings (SSSR count). The first-order valence-corrected chi connectivity index (χ1v) is 7.63. The van der Waals surface area contributed by atoms with Gasteiger partial charge in [-0.15, -0.1) is 0 Å². The van der Waals surface area contributed by atoms with Crippen LogP contribution in [0.5, 0.6) is 0 Å². The van der Waals surface area contributed by atoms with Crippen LogP contribution < -0.4 is 0 Å². The molecule has 1 heterocycles. The highest BCUT2D eigenvalue weighted by Crippen LogP contribution is 2.51. The normalized spacial score (nSPS) is 11.8. The minimum absolute atomic E-state index is 0.0565. The summed E-state index contributed by atoms with van der Waals surface area (Å²) in [5.74, 6) is 0.638. The van der Waals surface area contributed by atoms with Gasteiger partial charge in [-0.25, -0.2) is 0 Å². The topological polar surface area (TPSA) is 65.7 Å². The summed E-state index contributed by atoms with van der Waals surface area (Å²) >= 11 is 0. The lowest BCUT2D eigenvalue weighted by Gasteiger charge is -2.16. The van der Waals surface area contributed by atoms with Gasteiger partial charge in [-0.1, -0.05) is 0 Å². The minimum Gasteiger partial charge on any atom is -0.458 e. The number of carbonyl (C=O) groups excluding carboxylic acids is 1. The average molecular weight is 274 g/mol. The molecule has 0 bridgehead atoms. The van der Waals surface area contributed by atoms with Gasteiger partial charge in [0.05, 0.1) is 19.4 Å². The first-order valence-electron chi connectivity index (χ1n) is 5.90. The van der Waals surface area contributed by atoms with Gasteiger partial charge in [-0.05, 0) is 26.8 Å². The smallest absolute Gasteiger partial charge is 0.335 e. The number of furan rings is 1. The van der Waals surface area contributed by atoms with E-state index in [0.29, 0.717) is 24.5 Å². The van der Waals surface area contributed by atoms with Gasteiger partial charge in [0.15, 0.2) is 11.5 Å². The van der Waals surface area contributed by atoms with Crippen LogP contribution >= 0.6 is 7.60 Å². The van der Waals surface area contributed by atoms with Crippen LogP contribution in [0, 0.1) is 6.92 Å². The monoisotopic (exact) mass is 274 g/mol. The van der Waals surface area contributed by atoms with Crippen molar-refractivity contribution in [2.45, 2.75) is 33.9 Å². The molecule has 6 heteroatoms. The molecule has 0 aromatic carbocycles. The molecule has 18 heavy (non-hydrogen) atoms. The molecule has 0 saturated heterocycles. The maximum Gasteiger partial charge on any atom is 0.335 e. The Morgan fingerprint density at radius 3 is 2.33 bits per heavy atom. The molecule has 5 nitrogen and oxygen atoms in total. The van der Waals surface area contributed by atoms with E-state index < -0.39 is 7.60 Å². The number of hydrogen-bond acceptors (Lipinski definition) is 5. The van der Waals surface area contributed by atoms with Gasteiger partial charge < -0.3 is 13.5 Å². The van der Waals surface area contributed by atoms with E-state index >= 15 is 0 Å². The highest BCUT2D eigenvalue weighted by atomic mass is 31.2. The molecule has 1 aromatic heterocycles. The molecule has 0 atom stereocenters. The number of ketones is 1. The summed E-state index contributed by atoms with van der Waals surface area (Å²) in [7, 11) is -3.21. The Balaban J connectivity index is 3.00. The Bertz CT molecular complexity index is 453. The fourth-order valence-corrected chi connectivity index (χ4v) is 3.41. The third-order valence-electron chi connectivity index (χ3n) is 2.27. The third-order valence-corrected chi connectivity index (χ3v) is 4.30. The van der Waals surface area contributed by atoms with Gasteiger partial charge in [-0.3, -0.25) is 9.36 Å². The van der Waals surface area contributed by atoms with Crippen molar-refractivity contribution >= 4 is 13.4 Å². The van der Waals surface area contributed by atoms with Crippen LogP contribution in [0.15, 0.2) is 10.5 Å². The van der Waals surface area contributed by atoms with Crippen LogP contribution in [0.4, 0.5) is 0 Å². The first-order chi connectivity index (χ1) is 8.41. The fourth-order valence-electron chi connectivity index (χ4n) is 1.71. The van der Waals surface area contributed by atoms with Crippen LogP contribution in [0.25, 0.3) is 0 Å². The summed E-state index contributed by atoms with van der Waals surface area (Å²) in [4.78, 5) is 11.4. The van der Waals surface area contributed by atoms with Crippen LogP contribution in [0.1, 0.15) is 42.6 Å². The molecule has 1 aromatic rings. The molecule has 0 aliphatic rings. The van der Waals surface area contributed by atoms with Crippen molar-refractivity contribution in [3.05, 3.63) is 23.2 Å². The van der Waals surface area contributed by atoms with Gasteiger partial charge in [0.25, 0.3) is 0 Å². The Labute approximate surface area is 107 Å². The summed E-state index contributed by atoms with van der Waals surface area (Å²) in [6.07, 6.45) is 0.0565. The molecule has 0 saturated carbocycles. The Hall–Kier alpha value is -0.900. The zero-order chi connectivity index (χ0) is 13.8. The van der Waals surface area contributed by atoms with E-state index in [1.165, 1.54) is 6.92 Å². The van der Waals surface area contributed by atoms with Crippen LogP contribution in [0.3, 0.4) is 0 Å². The van der Waals surface area contributed by atoms with E-state index in [-0.39, 0.29) is 17.7 Å². The molecule has 0 aliphatic heterocycles. The number of aryl methyl sites for hydroxylation is 1. The van der Waals surface area contributed by atoms with Gasteiger partial charge in [0.1, 0.15) is 5.76 Å². The maximum atomic E-state index is 12.4. The van der Waals surface area contributed by atoms with Crippen molar-refractivity contribution in [3.63, 3.8) is 0 Å². The second-order valence-electron chi connectivity index (χ2n) is 3.87. The lowest BCUT2D eigenvalue weighted by molar-refractivity contribution is 0.0985. The second kappa shape index (κ2) is 6.32. The highest BCUT2D eigenvalue weighted by Gasteiger charge is 2.28. The van der Waals surface area contributed by atoms with Gasteiger partial charge in [0.2, 0.25) is 0 Å². The quantitative estimate of drug-likeness (QED) is 0.562. The van der Waals surface area contributed by atoms with E-state index in [2.05, 4.69) is 0 Å². The van der Waals surface area contributed by atoms with Gasteiger partial charge in [0, 0.05) is 12.5 Å². The van der Waals surface area contributed by atoms with Crippen molar-refractivity contribution in [1.82, 2.24) is 0 Å². The number of Topliss-reactive ketones (excluding diaryl/α,β-unsaturated/α-hetero) is 1. The van der Waals surface area contributed by atoms with E-state index in [1.54, 1.807) is 26.8 Å². The van der Waals surface area contributed by atoms with Crippen molar-refractivity contribution in [3.8, 4) is 0 Å². The van der Waals surface area contributed by atoms with Crippen molar-refractivity contribution in [1.29, 1.82) is 0 Å². The minimum atomic E-state index is -3.21. The molecule has 102 valence electrons. The predicted molar refractivity (Wildman–Crippen MR) is 68.0 cm³/mol. The van der Waals surface area contributed by atoms with Crippen LogP contribution in [0.2, 0.25) is 0 Å². The molecule has 0 radical (unpaired) electrons. The molecule has 0 fully saturated rings. The molecule has 0 spiro atoms. The van der Waals surface area contributed by atoms with Crippen molar-refractivity contribution in [2.75, 3.05) is 13.2 Å². The summed E-state index contributed by atoms with van der Waals surface area (Å²) in [6, 6.07) is 1.70. The van der Waals surface area contributed by atoms with E-state index in [0.717, 1.165) is 0 Å². The predicted octanol–water partition coefficient (Wildman–Crippen LogP) is 3.56. The lowest BCUT2D eigenvalue weighted by atomic mass is 10.2. The molecule has 0 N–H and O–H groups in total. The molecule has 0 amide bonds. The van der Waals surface area contributed by atoms with Gasteiger partial charge in [-0.2, -0.15) is 0 Å². The van der Waals surface area contributed by atoms with Crippen molar-refractivity contribution < 1.29 is 22.8 Å². The molecule has 0 unspecified atom stereocenters. The Morgan fingerprint density at radius 2 is 1.89 bits per heavy atom. The largest absolute Gasteiger partial charge is 0.458 e. The van der Waals surface area contributed by atoms with Crippen molar-refractivity contribution in [2.24, 2.45) is 0 Å². The zero-order valence-electron chi connectivity index (χ0n) is 11.2. The van der Waals surface area contributed by atoms with E-state index in [1.807, 2.05) is 0 Å². The Morgan fingerprint density at radius 1 is 1.33 bits per heavy atom. The van der Waals surface area contributed by atoms with Crippen LogP contribution in [-0.4, -0.2) is 19.0 Å². The third kappa shape index (κ3) is 3.80. The van der Waals surface area contributed by atoms with E-state index in [4.69, 9.17) is 13.5 Å². The fraction of sp³-hybridized carbons (Fsp3) is 0.583. The maximum absolute atomic E-state index is 12.4. The first kappa shape index (κ1) is 15.2.